The molecule has 0 aliphatic carbocycles. The van der Waals surface area contributed by atoms with Crippen LogP contribution >= 0.6 is 0 Å². The molecule has 39 valence electrons. The second-order valence-corrected chi connectivity index (χ2v) is 1.56. The summed E-state index contributed by atoms with van der Waals surface area (Å²) in [4.78, 5) is 0. The third-order valence-corrected chi connectivity index (χ3v) is 1.08. The van der Waals surface area contributed by atoms with Gasteiger partial charge in [0.25, 0.3) is 0 Å². The maximum atomic E-state index is 5.10. The van der Waals surface area contributed by atoms with Crippen LogP contribution < -0.4 is 0 Å². The van der Waals surface area contributed by atoms with Gasteiger partial charge in [-0.25, -0.2) is 0 Å². The van der Waals surface area contributed by atoms with E-state index in [2.05, 4.69) is 19.8 Å². The Bertz CT molecular complexity index is 62.6. The first-order valence-electron chi connectivity index (χ1n) is 2.60. The van der Waals surface area contributed by atoms with Crippen LogP contribution in [0.1, 0.15) is 19.8 Å². The van der Waals surface area contributed by atoms with E-state index < -0.39 is 0 Å². The van der Waals surface area contributed by atoms with Crippen LogP contribution in [0.2, 0.25) is 0 Å². The highest BCUT2D eigenvalue weighted by Gasteiger charge is 1.93. The van der Waals surface area contributed by atoms with E-state index in [0.717, 1.165) is 12.8 Å². The summed E-state index contributed by atoms with van der Waals surface area (Å²) in [6.07, 6.45) is 7.03. The van der Waals surface area contributed by atoms with Crippen LogP contribution in [0, 0.1) is 25.2 Å². The Balaban J connectivity index is 3.23. The average molecular weight is 95.2 g/mol. The first kappa shape index (κ1) is 6.56. The highest BCUT2D eigenvalue weighted by molar-refractivity contribution is 4.92. The molecule has 0 heterocycles. The second-order valence-electron chi connectivity index (χ2n) is 1.56. The predicted molar refractivity (Wildman–Crippen MR) is 32.6 cm³/mol. The molecule has 0 fully saturated rings. The van der Waals surface area contributed by atoms with E-state index in [0.29, 0.717) is 5.92 Å². The normalized spacial score (nSPS) is 8.86. The summed E-state index contributed by atoms with van der Waals surface area (Å²) in [6.45, 7) is 5.76. The zero-order valence-electron chi connectivity index (χ0n) is 4.78. The van der Waals surface area contributed by atoms with Gasteiger partial charge in [0.1, 0.15) is 0 Å². The van der Waals surface area contributed by atoms with Crippen LogP contribution in [0.25, 0.3) is 0 Å². The lowest BCUT2D eigenvalue weighted by molar-refractivity contribution is 0.660. The van der Waals surface area contributed by atoms with E-state index in [4.69, 9.17) is 6.42 Å². The average Bonchev–Trinajstić information content (AvgIpc) is 1.72. The third-order valence-electron chi connectivity index (χ3n) is 1.08. The Morgan fingerprint density at radius 2 is 2.43 bits per heavy atom. The van der Waals surface area contributed by atoms with Crippen LogP contribution in [0.5, 0.6) is 0 Å². The highest BCUT2D eigenvalue weighted by Crippen LogP contribution is 2.02. The van der Waals surface area contributed by atoms with Gasteiger partial charge in [0, 0.05) is 5.92 Å². The monoisotopic (exact) mass is 95.1 g/mol. The fraction of sp³-hybridized carbons (Fsp3) is 0.571. The van der Waals surface area contributed by atoms with Gasteiger partial charge in [-0.3, -0.25) is 0 Å². The summed E-state index contributed by atoms with van der Waals surface area (Å²) in [5.74, 6) is 3.04. The molecule has 1 radical (unpaired) electrons. The molecule has 0 saturated carbocycles. The van der Waals surface area contributed by atoms with E-state index in [9.17, 15) is 0 Å². The Kier molecular flexibility index (Phi) is 3.50. The van der Waals surface area contributed by atoms with Crippen molar-refractivity contribution in [3.05, 3.63) is 6.92 Å². The first-order valence-corrected chi connectivity index (χ1v) is 2.60. The quantitative estimate of drug-likeness (QED) is 0.459. The largest absolute Gasteiger partial charge is 0.120 e. The zero-order chi connectivity index (χ0) is 5.70. The minimum Gasteiger partial charge on any atom is -0.120 e. The molecule has 0 rings (SSSR count). The minimum absolute atomic E-state index is 0.403. The zero-order valence-corrected chi connectivity index (χ0v) is 4.78. The molecular formula is C7H11. The van der Waals surface area contributed by atoms with Crippen molar-refractivity contribution in [1.82, 2.24) is 0 Å². The number of hydrogen-bond donors (Lipinski definition) is 0. The van der Waals surface area contributed by atoms with Crippen LogP contribution in [0.15, 0.2) is 0 Å². The Labute approximate surface area is 45.9 Å². The van der Waals surface area contributed by atoms with Crippen molar-refractivity contribution < 1.29 is 0 Å². The molecule has 0 bridgehead atoms. The van der Waals surface area contributed by atoms with Gasteiger partial charge in [-0.05, 0) is 12.8 Å². The van der Waals surface area contributed by atoms with E-state index >= 15 is 0 Å². The molecule has 0 aromatic heterocycles. The summed E-state index contributed by atoms with van der Waals surface area (Å²) in [5, 5.41) is 0. The molecule has 7 heavy (non-hydrogen) atoms. The standard InChI is InChI=1S/C7H11/c1-4-7(5-2)6-3/h1,7H,2,5-6H2,3H3. The number of rotatable bonds is 2. The second kappa shape index (κ2) is 3.74. The number of terminal acetylenes is 1. The lowest BCUT2D eigenvalue weighted by Gasteiger charge is -1.98. The number of hydrogen-bond acceptors (Lipinski definition) is 0. The maximum absolute atomic E-state index is 5.10. The molecule has 0 nitrogen and oxygen atoms in total. The molecule has 0 amide bonds. The molecule has 0 aliphatic heterocycles. The van der Waals surface area contributed by atoms with Crippen molar-refractivity contribution in [3.8, 4) is 12.3 Å². The van der Waals surface area contributed by atoms with Crippen LogP contribution in [-0.2, 0) is 0 Å². The molecule has 0 aromatic rings. The molecular weight excluding hydrogens is 84.1 g/mol. The van der Waals surface area contributed by atoms with Crippen molar-refractivity contribution in [3.63, 3.8) is 0 Å². The molecule has 0 aliphatic rings. The van der Waals surface area contributed by atoms with Gasteiger partial charge in [-0.15, -0.1) is 12.3 Å². The van der Waals surface area contributed by atoms with Crippen LogP contribution in [0.3, 0.4) is 0 Å². The lowest BCUT2D eigenvalue weighted by atomic mass is 10.1. The SMILES string of the molecule is C#CC(C[CH2])CC. The Morgan fingerprint density at radius 1 is 1.86 bits per heavy atom. The molecule has 0 N–H and O–H groups in total. The highest BCUT2D eigenvalue weighted by atomic mass is 14.0. The molecule has 0 spiro atoms. The summed E-state index contributed by atoms with van der Waals surface area (Å²) in [5.41, 5.74) is 0. The molecule has 1 unspecified atom stereocenters. The summed E-state index contributed by atoms with van der Waals surface area (Å²) < 4.78 is 0. The van der Waals surface area contributed by atoms with Gasteiger partial charge < -0.3 is 0 Å². The topological polar surface area (TPSA) is 0 Å². The van der Waals surface area contributed by atoms with Gasteiger partial charge in [-0.1, -0.05) is 13.8 Å². The van der Waals surface area contributed by atoms with Crippen LogP contribution in [0.4, 0.5) is 0 Å². The van der Waals surface area contributed by atoms with E-state index in [1.54, 1.807) is 0 Å². The molecule has 0 saturated heterocycles. The fourth-order valence-electron chi connectivity index (χ4n) is 0.405. The molecule has 0 heteroatoms. The van der Waals surface area contributed by atoms with E-state index in [-0.39, 0.29) is 0 Å². The maximum Gasteiger partial charge on any atom is 0.0197 e. The van der Waals surface area contributed by atoms with Gasteiger partial charge in [-0.2, -0.15) is 0 Å². The fourth-order valence-corrected chi connectivity index (χ4v) is 0.405. The molecule has 0 aromatic carbocycles. The smallest absolute Gasteiger partial charge is 0.0197 e. The van der Waals surface area contributed by atoms with Crippen molar-refractivity contribution in [2.45, 2.75) is 19.8 Å². The van der Waals surface area contributed by atoms with Gasteiger partial charge >= 0.3 is 0 Å². The van der Waals surface area contributed by atoms with Crippen molar-refractivity contribution >= 4 is 0 Å². The summed E-state index contributed by atoms with van der Waals surface area (Å²) >= 11 is 0. The van der Waals surface area contributed by atoms with Gasteiger partial charge in [0.15, 0.2) is 0 Å². The first-order chi connectivity index (χ1) is 3.35. The van der Waals surface area contributed by atoms with Crippen molar-refractivity contribution in [2.75, 3.05) is 0 Å². The van der Waals surface area contributed by atoms with Gasteiger partial charge in [0.05, 0.1) is 0 Å². The lowest BCUT2D eigenvalue weighted by Crippen LogP contribution is -1.89. The van der Waals surface area contributed by atoms with Crippen LogP contribution in [-0.4, -0.2) is 0 Å². The van der Waals surface area contributed by atoms with E-state index in [1.165, 1.54) is 0 Å². The predicted octanol–water partition coefficient (Wildman–Crippen LogP) is 1.87. The molecule has 1 atom stereocenters. The van der Waals surface area contributed by atoms with Gasteiger partial charge in [0.2, 0.25) is 0 Å². The van der Waals surface area contributed by atoms with Crippen molar-refractivity contribution in [2.24, 2.45) is 5.92 Å². The van der Waals surface area contributed by atoms with E-state index in [1.807, 2.05) is 0 Å². The summed E-state index contributed by atoms with van der Waals surface area (Å²) in [6, 6.07) is 0. The Hall–Kier alpha value is -0.440. The minimum atomic E-state index is 0.403. The third kappa shape index (κ3) is 2.28. The Morgan fingerprint density at radius 3 is 2.43 bits per heavy atom. The van der Waals surface area contributed by atoms with Crippen molar-refractivity contribution in [1.29, 1.82) is 0 Å². The summed E-state index contributed by atoms with van der Waals surface area (Å²) in [7, 11) is 0.